The van der Waals surface area contributed by atoms with Gasteiger partial charge in [0.2, 0.25) is 0 Å². The fourth-order valence-electron chi connectivity index (χ4n) is 2.05. The van der Waals surface area contributed by atoms with Gasteiger partial charge in [-0.1, -0.05) is 0 Å². The van der Waals surface area contributed by atoms with Crippen molar-refractivity contribution in [2.75, 3.05) is 6.61 Å². The highest BCUT2D eigenvalue weighted by Crippen LogP contribution is 2.31. The molecule has 2 atom stereocenters. The lowest BCUT2D eigenvalue weighted by atomic mass is 10.2. The maximum Gasteiger partial charge on any atom is 0.181 e. The molecule has 20 heavy (non-hydrogen) atoms. The molecule has 0 bridgehead atoms. The van der Waals surface area contributed by atoms with Crippen LogP contribution >= 0.6 is 22.7 Å². The molecular weight excluding hydrogens is 312 g/mol. The van der Waals surface area contributed by atoms with E-state index in [9.17, 15) is 4.21 Å². The van der Waals surface area contributed by atoms with Crippen molar-refractivity contribution >= 4 is 33.5 Å². The Morgan fingerprint density at radius 2 is 2.30 bits per heavy atom. The summed E-state index contributed by atoms with van der Waals surface area (Å²) in [4.78, 5) is 10.1. The molecule has 3 rings (SSSR count). The molecular formula is C13H16N2O2S3. The zero-order chi connectivity index (χ0) is 14.1. The van der Waals surface area contributed by atoms with E-state index in [1.54, 1.807) is 11.3 Å². The maximum absolute atomic E-state index is 12.3. The standard InChI is InChI=1S/C13H16N2O2S3/c1-8-9(2)19-13(14-8)20(16)7-10-6-18-12(15-10)11-4-3-5-17-11/h6,11H,3-5,7H2,1-2H3/t11-,20+/m0/s1. The number of rotatable bonds is 4. The Bertz CT molecular complexity index is 610. The highest BCUT2D eigenvalue weighted by molar-refractivity contribution is 7.86. The van der Waals surface area contributed by atoms with Crippen LogP contribution in [-0.2, 0) is 21.3 Å². The minimum atomic E-state index is -1.10. The Morgan fingerprint density at radius 1 is 1.45 bits per heavy atom. The van der Waals surface area contributed by atoms with Crippen molar-refractivity contribution < 1.29 is 8.95 Å². The average molecular weight is 328 g/mol. The van der Waals surface area contributed by atoms with Crippen LogP contribution in [0.15, 0.2) is 9.72 Å². The van der Waals surface area contributed by atoms with Gasteiger partial charge >= 0.3 is 0 Å². The van der Waals surface area contributed by atoms with Crippen LogP contribution in [0.5, 0.6) is 0 Å². The Hall–Kier alpha value is -0.630. The van der Waals surface area contributed by atoms with Gasteiger partial charge in [-0.3, -0.25) is 4.21 Å². The number of hydrogen-bond donors (Lipinski definition) is 0. The zero-order valence-electron chi connectivity index (χ0n) is 11.4. The van der Waals surface area contributed by atoms with Gasteiger partial charge in [-0.25, -0.2) is 9.97 Å². The smallest absolute Gasteiger partial charge is 0.181 e. The Labute approximate surface area is 128 Å². The number of aromatic nitrogens is 2. The van der Waals surface area contributed by atoms with E-state index in [0.717, 1.165) is 40.7 Å². The molecule has 2 aromatic rings. The molecule has 4 nitrogen and oxygen atoms in total. The summed E-state index contributed by atoms with van der Waals surface area (Å²) >= 11 is 3.12. The second-order valence-corrected chi connectivity index (χ2v) is 8.51. The van der Waals surface area contributed by atoms with Crippen LogP contribution in [0.2, 0.25) is 0 Å². The molecule has 0 unspecified atom stereocenters. The lowest BCUT2D eigenvalue weighted by Crippen LogP contribution is -1.99. The van der Waals surface area contributed by atoms with Gasteiger partial charge in [0.1, 0.15) is 11.1 Å². The van der Waals surface area contributed by atoms with Gasteiger partial charge in [0.25, 0.3) is 0 Å². The van der Waals surface area contributed by atoms with Crippen molar-refractivity contribution in [1.29, 1.82) is 0 Å². The Kier molecular flexibility index (Phi) is 4.30. The molecule has 0 amide bonds. The van der Waals surface area contributed by atoms with Crippen molar-refractivity contribution in [2.45, 2.75) is 42.9 Å². The van der Waals surface area contributed by atoms with E-state index in [2.05, 4.69) is 9.97 Å². The summed E-state index contributed by atoms with van der Waals surface area (Å²) in [6.45, 7) is 4.78. The van der Waals surface area contributed by atoms with Crippen molar-refractivity contribution in [3.63, 3.8) is 0 Å². The topological polar surface area (TPSA) is 52.1 Å². The Morgan fingerprint density at radius 3 is 2.95 bits per heavy atom. The number of aryl methyl sites for hydroxylation is 2. The number of nitrogens with zero attached hydrogens (tertiary/aromatic N) is 2. The summed E-state index contributed by atoms with van der Waals surface area (Å²) in [5, 5.41) is 3.00. The highest BCUT2D eigenvalue weighted by Gasteiger charge is 2.21. The quantitative estimate of drug-likeness (QED) is 0.863. The van der Waals surface area contributed by atoms with E-state index in [1.807, 2.05) is 19.2 Å². The molecule has 0 aromatic carbocycles. The van der Waals surface area contributed by atoms with Crippen molar-refractivity contribution in [3.05, 3.63) is 26.7 Å². The van der Waals surface area contributed by atoms with E-state index in [4.69, 9.17) is 4.74 Å². The second kappa shape index (κ2) is 6.01. The fraction of sp³-hybridized carbons (Fsp3) is 0.538. The summed E-state index contributed by atoms with van der Waals surface area (Å²) in [7, 11) is -1.10. The minimum Gasteiger partial charge on any atom is -0.371 e. The summed E-state index contributed by atoms with van der Waals surface area (Å²) in [5.41, 5.74) is 1.85. The molecule has 1 aliphatic heterocycles. The van der Waals surface area contributed by atoms with Gasteiger partial charge in [0.05, 0.1) is 27.9 Å². The average Bonchev–Trinajstić information content (AvgIpc) is 3.11. The third-order valence-electron chi connectivity index (χ3n) is 3.26. The van der Waals surface area contributed by atoms with Gasteiger partial charge in [-0.05, 0) is 26.7 Å². The first-order chi connectivity index (χ1) is 9.63. The third kappa shape index (κ3) is 3.00. The molecule has 7 heteroatoms. The predicted octanol–water partition coefficient (Wildman–Crippen LogP) is 3.38. The van der Waals surface area contributed by atoms with Crippen LogP contribution in [0.1, 0.15) is 40.2 Å². The third-order valence-corrected chi connectivity index (χ3v) is 6.96. The molecule has 3 heterocycles. The van der Waals surface area contributed by atoms with Crippen LogP contribution in [0, 0.1) is 13.8 Å². The number of thiazole rings is 2. The van der Waals surface area contributed by atoms with Crippen LogP contribution in [0.4, 0.5) is 0 Å². The van der Waals surface area contributed by atoms with E-state index in [0.29, 0.717) is 10.1 Å². The van der Waals surface area contributed by atoms with Crippen molar-refractivity contribution in [1.82, 2.24) is 9.97 Å². The zero-order valence-corrected chi connectivity index (χ0v) is 13.9. The van der Waals surface area contributed by atoms with Crippen LogP contribution in [0.3, 0.4) is 0 Å². The van der Waals surface area contributed by atoms with E-state index >= 15 is 0 Å². The first kappa shape index (κ1) is 14.3. The summed E-state index contributed by atoms with van der Waals surface area (Å²) in [6, 6.07) is 0. The lowest BCUT2D eigenvalue weighted by Gasteiger charge is -2.03. The molecule has 0 radical (unpaired) electrons. The molecule has 0 aliphatic carbocycles. The van der Waals surface area contributed by atoms with E-state index in [1.165, 1.54) is 11.3 Å². The molecule has 1 saturated heterocycles. The normalized spacial score (nSPS) is 20.4. The predicted molar refractivity (Wildman–Crippen MR) is 81.7 cm³/mol. The van der Waals surface area contributed by atoms with Gasteiger partial charge in [-0.15, -0.1) is 22.7 Å². The molecule has 108 valence electrons. The summed E-state index contributed by atoms with van der Waals surface area (Å²) in [6.07, 6.45) is 2.29. The van der Waals surface area contributed by atoms with Crippen LogP contribution < -0.4 is 0 Å². The first-order valence-electron chi connectivity index (χ1n) is 6.52. The van der Waals surface area contributed by atoms with Crippen molar-refractivity contribution in [2.24, 2.45) is 0 Å². The van der Waals surface area contributed by atoms with Gasteiger partial charge in [-0.2, -0.15) is 0 Å². The monoisotopic (exact) mass is 328 g/mol. The summed E-state index contributed by atoms with van der Waals surface area (Å²) in [5.74, 6) is 0.440. The molecule has 2 aromatic heterocycles. The number of hydrogen-bond acceptors (Lipinski definition) is 6. The molecule has 1 aliphatic rings. The van der Waals surface area contributed by atoms with Gasteiger partial charge in [0, 0.05) is 16.9 Å². The molecule has 1 fully saturated rings. The van der Waals surface area contributed by atoms with E-state index in [-0.39, 0.29) is 6.10 Å². The van der Waals surface area contributed by atoms with Crippen molar-refractivity contribution in [3.8, 4) is 0 Å². The molecule has 0 N–H and O–H groups in total. The van der Waals surface area contributed by atoms with Gasteiger partial charge in [0.15, 0.2) is 4.34 Å². The number of ether oxygens (including phenoxy) is 1. The SMILES string of the molecule is Cc1nc([S@](=O)Cc2csc([C@@H]3CCCO3)n2)sc1C. The summed E-state index contributed by atoms with van der Waals surface area (Å²) < 4.78 is 18.6. The largest absolute Gasteiger partial charge is 0.371 e. The fourth-order valence-corrected chi connectivity index (χ4v) is 5.39. The minimum absolute atomic E-state index is 0.145. The molecule has 0 saturated carbocycles. The first-order valence-corrected chi connectivity index (χ1v) is 9.53. The molecule has 0 spiro atoms. The van der Waals surface area contributed by atoms with Gasteiger partial charge < -0.3 is 4.74 Å². The highest BCUT2D eigenvalue weighted by atomic mass is 32.2. The van der Waals surface area contributed by atoms with Crippen LogP contribution in [0.25, 0.3) is 0 Å². The lowest BCUT2D eigenvalue weighted by molar-refractivity contribution is 0.111. The Balaban J connectivity index is 1.69. The van der Waals surface area contributed by atoms with E-state index < -0.39 is 10.8 Å². The maximum atomic E-state index is 12.3. The second-order valence-electron chi connectivity index (χ2n) is 4.79. The van der Waals surface area contributed by atoms with Crippen LogP contribution in [-0.4, -0.2) is 20.8 Å².